The standard InChI is InChI=1S/C33H34F2N5O10P/c1-18-13-33(50-37-18)11-10-19(2)39-17-26(33)40-16-23(30(42)36-14-20-8-9-22(34)12-24(20)35)28(41)29(27(40)31(39)43)48-32(44)38(3)15-21-6-4-5-7-25(21)49-51(45,46)47/h4-9,12,16,19,26H,10-11,13-15,17H2,1-3H3,(H,36,42)(H2,45,46,47)/t19-,26?,33-/m0/s1. The Bertz CT molecular complexity index is 2070. The number of para-hydroxylation sites is 1. The van der Waals surface area contributed by atoms with E-state index in [1.165, 1.54) is 36.0 Å². The molecule has 1 saturated heterocycles. The van der Waals surface area contributed by atoms with Gasteiger partial charge in [0.25, 0.3) is 11.8 Å². The van der Waals surface area contributed by atoms with Crippen LogP contribution in [0.25, 0.3) is 0 Å². The lowest BCUT2D eigenvalue weighted by Gasteiger charge is -2.42. The monoisotopic (exact) mass is 729 g/mol. The number of oxime groups is 1. The summed E-state index contributed by atoms with van der Waals surface area (Å²) in [6.07, 6.45) is 1.42. The van der Waals surface area contributed by atoms with Gasteiger partial charge in [0, 0.05) is 56.0 Å². The average Bonchev–Trinajstić information content (AvgIpc) is 3.39. The molecule has 51 heavy (non-hydrogen) atoms. The molecule has 0 aliphatic carbocycles. The Kier molecular flexibility index (Phi) is 9.48. The minimum atomic E-state index is -4.96. The van der Waals surface area contributed by atoms with E-state index in [4.69, 9.17) is 14.1 Å². The molecular formula is C33H34F2N5O10P. The smallest absolute Gasteiger partial charge is 0.404 e. The highest BCUT2D eigenvalue weighted by Crippen LogP contribution is 2.46. The quantitative estimate of drug-likeness (QED) is 0.287. The molecule has 1 unspecified atom stereocenters. The van der Waals surface area contributed by atoms with Crippen molar-refractivity contribution in [3.63, 3.8) is 0 Å². The summed E-state index contributed by atoms with van der Waals surface area (Å²) in [7, 11) is -3.68. The van der Waals surface area contributed by atoms with Crippen molar-refractivity contribution < 1.29 is 51.6 Å². The molecule has 3 amide bonds. The van der Waals surface area contributed by atoms with E-state index in [2.05, 4.69) is 10.5 Å². The zero-order valence-electron chi connectivity index (χ0n) is 27.7. The number of hydrogen-bond acceptors (Lipinski definition) is 9. The van der Waals surface area contributed by atoms with Crippen molar-refractivity contribution in [3.8, 4) is 11.5 Å². The topological polar surface area (TPSA) is 189 Å². The minimum absolute atomic E-state index is 0.0615. The van der Waals surface area contributed by atoms with Crippen LogP contribution in [0.2, 0.25) is 0 Å². The van der Waals surface area contributed by atoms with Crippen molar-refractivity contribution >= 4 is 31.4 Å². The summed E-state index contributed by atoms with van der Waals surface area (Å²) in [5.74, 6) is -4.31. The molecule has 4 heterocycles. The number of phosphoric acid groups is 1. The van der Waals surface area contributed by atoms with Crippen LogP contribution in [0.15, 0.2) is 58.6 Å². The molecule has 15 nitrogen and oxygen atoms in total. The predicted octanol–water partition coefficient (Wildman–Crippen LogP) is 3.87. The Morgan fingerprint density at radius 1 is 1.18 bits per heavy atom. The molecule has 0 saturated carbocycles. The molecule has 1 spiro atoms. The van der Waals surface area contributed by atoms with Crippen molar-refractivity contribution in [2.45, 2.75) is 63.9 Å². The number of phosphoric ester groups is 1. The van der Waals surface area contributed by atoms with Crippen molar-refractivity contribution in [1.29, 1.82) is 0 Å². The molecule has 3 atom stereocenters. The minimum Gasteiger partial charge on any atom is -0.404 e. The van der Waals surface area contributed by atoms with Crippen LogP contribution in [0.1, 0.15) is 71.1 Å². The van der Waals surface area contributed by atoms with Gasteiger partial charge in [0.15, 0.2) is 11.3 Å². The van der Waals surface area contributed by atoms with Gasteiger partial charge >= 0.3 is 13.9 Å². The molecule has 3 N–H and O–H groups in total. The van der Waals surface area contributed by atoms with E-state index in [0.29, 0.717) is 31.0 Å². The first kappa shape index (κ1) is 35.7. The number of nitrogens with one attached hydrogen (secondary N) is 1. The van der Waals surface area contributed by atoms with Gasteiger partial charge in [-0.15, -0.1) is 0 Å². The summed E-state index contributed by atoms with van der Waals surface area (Å²) in [5, 5.41) is 6.63. The van der Waals surface area contributed by atoms with Gasteiger partial charge in [0.05, 0.1) is 18.3 Å². The number of benzene rings is 2. The second-order valence-electron chi connectivity index (χ2n) is 12.8. The third-order valence-corrected chi connectivity index (χ3v) is 9.66. The Hall–Kier alpha value is -5.12. The van der Waals surface area contributed by atoms with E-state index in [-0.39, 0.29) is 41.7 Å². The number of halogens is 2. The van der Waals surface area contributed by atoms with E-state index in [1.807, 2.05) is 6.92 Å². The van der Waals surface area contributed by atoms with Crippen LogP contribution >= 0.6 is 7.82 Å². The number of hydrogen-bond donors (Lipinski definition) is 3. The van der Waals surface area contributed by atoms with E-state index >= 15 is 0 Å². The second kappa shape index (κ2) is 13.5. The number of aromatic nitrogens is 1. The molecule has 3 aliphatic heterocycles. The number of fused-ring (bicyclic) bond motifs is 5. The largest absolute Gasteiger partial charge is 0.524 e. The zero-order valence-corrected chi connectivity index (χ0v) is 28.6. The molecule has 3 aliphatic rings. The van der Waals surface area contributed by atoms with Gasteiger partial charge < -0.3 is 33.8 Å². The molecule has 1 fully saturated rings. The first-order valence-corrected chi connectivity index (χ1v) is 17.4. The third kappa shape index (κ3) is 7.09. The maximum Gasteiger partial charge on any atom is 0.524 e. The summed E-state index contributed by atoms with van der Waals surface area (Å²) in [5.41, 5.74) is -2.09. The summed E-state index contributed by atoms with van der Waals surface area (Å²) in [4.78, 5) is 82.7. The highest BCUT2D eigenvalue weighted by molar-refractivity contribution is 7.46. The molecule has 0 radical (unpaired) electrons. The number of nitrogens with zero attached hydrogens (tertiary/aromatic N) is 4. The van der Waals surface area contributed by atoms with Crippen LogP contribution in [-0.4, -0.2) is 73.0 Å². The van der Waals surface area contributed by atoms with E-state index in [1.54, 1.807) is 17.9 Å². The van der Waals surface area contributed by atoms with Crippen LogP contribution in [0.5, 0.6) is 11.5 Å². The van der Waals surface area contributed by atoms with Gasteiger partial charge in [-0.3, -0.25) is 24.2 Å². The lowest BCUT2D eigenvalue weighted by Crippen LogP contribution is -2.52. The molecule has 6 rings (SSSR count). The summed E-state index contributed by atoms with van der Waals surface area (Å²) >= 11 is 0. The Balaban J connectivity index is 1.41. The molecule has 270 valence electrons. The number of carbonyl (C=O) groups excluding carboxylic acids is 3. The number of pyridine rings is 1. The van der Waals surface area contributed by atoms with Gasteiger partial charge in [0.2, 0.25) is 11.2 Å². The van der Waals surface area contributed by atoms with Gasteiger partial charge in [0.1, 0.15) is 22.9 Å². The van der Waals surface area contributed by atoms with Crippen molar-refractivity contribution in [2.75, 3.05) is 13.6 Å². The summed E-state index contributed by atoms with van der Waals surface area (Å²) < 4.78 is 51.2. The van der Waals surface area contributed by atoms with Gasteiger partial charge in [-0.1, -0.05) is 29.4 Å². The van der Waals surface area contributed by atoms with E-state index in [0.717, 1.165) is 17.0 Å². The molecular weight excluding hydrogens is 695 g/mol. The number of amides is 3. The SMILES string of the molecule is CC1=NO[C@@]2(CC[C@H](C)N3CC2n2cc(C(=O)NCc4ccc(F)cc4F)c(=O)c(OC(=O)N(C)Cc4ccccc4OP(=O)(O)O)c2C3=O)C1. The molecule has 2 bridgehead atoms. The first-order chi connectivity index (χ1) is 24.1. The lowest BCUT2D eigenvalue weighted by atomic mass is 9.84. The van der Waals surface area contributed by atoms with Gasteiger partial charge in [-0.2, -0.15) is 0 Å². The Morgan fingerprint density at radius 2 is 1.92 bits per heavy atom. The van der Waals surface area contributed by atoms with Crippen molar-refractivity contribution in [2.24, 2.45) is 5.16 Å². The first-order valence-electron chi connectivity index (χ1n) is 15.9. The highest BCUT2D eigenvalue weighted by atomic mass is 31.2. The average molecular weight is 730 g/mol. The maximum absolute atomic E-state index is 14.4. The third-order valence-electron chi connectivity index (χ3n) is 9.22. The van der Waals surface area contributed by atoms with Crippen molar-refractivity contribution in [1.82, 2.24) is 19.7 Å². The second-order valence-corrected chi connectivity index (χ2v) is 14.0. The fourth-order valence-corrected chi connectivity index (χ4v) is 7.07. The van der Waals surface area contributed by atoms with Crippen LogP contribution < -0.4 is 20.0 Å². The highest BCUT2D eigenvalue weighted by Gasteiger charge is 2.54. The van der Waals surface area contributed by atoms with Crippen LogP contribution in [-0.2, 0) is 22.5 Å². The molecule has 1 aromatic heterocycles. The van der Waals surface area contributed by atoms with E-state index < -0.39 is 72.3 Å². The van der Waals surface area contributed by atoms with E-state index in [9.17, 15) is 42.3 Å². The Labute approximate surface area is 289 Å². The van der Waals surface area contributed by atoms with Gasteiger partial charge in [-0.25, -0.2) is 18.1 Å². The predicted molar refractivity (Wildman–Crippen MR) is 175 cm³/mol. The van der Waals surface area contributed by atoms with Gasteiger partial charge in [-0.05, 0) is 38.8 Å². The number of ether oxygens (including phenoxy) is 1. The fraction of sp³-hybridized carbons (Fsp3) is 0.364. The number of carbonyl (C=O) groups is 3. The normalized spacial score (nSPS) is 21.0. The number of rotatable bonds is 8. The van der Waals surface area contributed by atoms with Crippen molar-refractivity contribution in [3.05, 3.63) is 92.9 Å². The summed E-state index contributed by atoms with van der Waals surface area (Å²) in [6.45, 7) is 3.03. The molecule has 2 aromatic carbocycles. The van der Waals surface area contributed by atoms with Crippen LogP contribution in [0, 0.1) is 11.6 Å². The molecule has 18 heteroatoms. The lowest BCUT2D eigenvalue weighted by molar-refractivity contribution is -0.0655. The fourth-order valence-electron chi connectivity index (χ4n) is 6.64. The maximum atomic E-state index is 14.4. The summed E-state index contributed by atoms with van der Waals surface area (Å²) in [6, 6.07) is 7.56. The van der Waals surface area contributed by atoms with Crippen LogP contribution in [0.3, 0.4) is 0 Å². The molecule has 3 aromatic rings. The zero-order chi connectivity index (χ0) is 36.8. The Morgan fingerprint density at radius 3 is 2.61 bits per heavy atom. The van der Waals surface area contributed by atoms with Crippen LogP contribution in [0.4, 0.5) is 13.6 Å².